The fraction of sp³-hybridized carbons (Fsp3) is 0.500. The van der Waals surface area contributed by atoms with E-state index >= 15 is 0 Å². The number of thioether (sulfide) groups is 2. The summed E-state index contributed by atoms with van der Waals surface area (Å²) in [6, 6.07) is 0. The van der Waals surface area contributed by atoms with Crippen molar-refractivity contribution < 1.29 is 24.5 Å². The largest absolute Gasteiger partial charge is 0.477 e. The van der Waals surface area contributed by atoms with Crippen LogP contribution in [0.3, 0.4) is 0 Å². The van der Waals surface area contributed by atoms with E-state index in [1.54, 1.807) is 0 Å². The van der Waals surface area contributed by atoms with Gasteiger partial charge in [0.25, 0.3) is 0 Å². The number of carboxylic acid groups (broad SMARTS) is 1. The first-order chi connectivity index (χ1) is 9.65. The molecule has 2 N–H and O–H groups in total. The molecule has 0 aromatic heterocycles. The van der Waals surface area contributed by atoms with Crippen LogP contribution in [0.2, 0.25) is 0 Å². The van der Waals surface area contributed by atoms with E-state index in [1.165, 1.54) is 23.5 Å². The van der Waals surface area contributed by atoms with E-state index in [1.807, 2.05) is 27.7 Å². The van der Waals surface area contributed by atoms with Gasteiger partial charge in [-0.25, -0.2) is 4.79 Å². The summed E-state index contributed by atoms with van der Waals surface area (Å²) < 4.78 is 11.6. The summed E-state index contributed by atoms with van der Waals surface area (Å²) >= 11 is 2.86. The lowest BCUT2D eigenvalue weighted by atomic mass is 10.1. The third kappa shape index (κ3) is 2.27. The Hall–Kier alpha value is -1.05. The average molecular weight is 328 g/mol. The number of hydrogen-bond donors (Lipinski definition) is 2. The van der Waals surface area contributed by atoms with Crippen molar-refractivity contribution in [1.29, 1.82) is 0 Å². The second kappa shape index (κ2) is 4.47. The monoisotopic (exact) mass is 328 g/mol. The Balaban J connectivity index is 2.31. The van der Waals surface area contributed by atoms with Gasteiger partial charge >= 0.3 is 5.97 Å². The standard InChI is InChI=1S/C14H16O5S2/c1-13(2)18-8-7(12(16)17)9-11(21-14(3,4)19-9)6(5-15)10(8)20-13/h15H,5H2,1-4H3,(H,16,17). The molecule has 2 aliphatic heterocycles. The van der Waals surface area contributed by atoms with Gasteiger partial charge in [0, 0.05) is 5.56 Å². The molecule has 0 saturated heterocycles. The molecule has 1 aromatic rings. The number of aromatic carboxylic acids is 1. The molecular formula is C14H16O5S2. The number of fused-ring (bicyclic) bond motifs is 2. The maximum Gasteiger partial charge on any atom is 0.343 e. The van der Waals surface area contributed by atoms with Crippen molar-refractivity contribution in [3.05, 3.63) is 11.1 Å². The predicted octanol–water partition coefficient (Wildman–Crippen LogP) is 3.32. The lowest BCUT2D eigenvalue weighted by molar-refractivity contribution is 0.0680. The molecule has 21 heavy (non-hydrogen) atoms. The molecule has 2 heterocycles. The number of aliphatic hydroxyl groups is 1. The molecule has 7 heteroatoms. The van der Waals surface area contributed by atoms with Gasteiger partial charge < -0.3 is 19.7 Å². The molecule has 0 fully saturated rings. The highest BCUT2D eigenvalue weighted by molar-refractivity contribution is 8.01. The number of carboxylic acids is 1. The number of aliphatic hydroxyl groups excluding tert-OH is 1. The summed E-state index contributed by atoms with van der Waals surface area (Å²) in [5.41, 5.74) is 0.740. The topological polar surface area (TPSA) is 76.0 Å². The summed E-state index contributed by atoms with van der Waals surface area (Å²) in [4.78, 5) is 12.0. The van der Waals surface area contributed by atoms with Crippen LogP contribution in [0.4, 0.5) is 0 Å². The molecule has 0 saturated carbocycles. The van der Waals surface area contributed by atoms with Crippen molar-refractivity contribution in [2.24, 2.45) is 0 Å². The Bertz CT molecular complexity index is 606. The van der Waals surface area contributed by atoms with Crippen molar-refractivity contribution in [1.82, 2.24) is 0 Å². The number of carbonyl (C=O) groups is 1. The Morgan fingerprint density at radius 1 is 1.05 bits per heavy atom. The number of benzene rings is 1. The van der Waals surface area contributed by atoms with Crippen LogP contribution in [0.15, 0.2) is 9.79 Å². The normalized spacial score (nSPS) is 20.4. The SMILES string of the molecule is CC1(C)Oc2c(c(CO)c3c(c2C(=O)O)OC(C)(C)S3)S1. The van der Waals surface area contributed by atoms with Crippen molar-refractivity contribution >= 4 is 29.5 Å². The molecule has 2 aliphatic rings. The fourth-order valence-corrected chi connectivity index (χ4v) is 4.83. The molecule has 1 aromatic carbocycles. The van der Waals surface area contributed by atoms with Crippen molar-refractivity contribution in [3.63, 3.8) is 0 Å². The number of rotatable bonds is 2. The number of ether oxygens (including phenoxy) is 2. The second-order valence-electron chi connectivity index (χ2n) is 5.84. The molecule has 5 nitrogen and oxygen atoms in total. The van der Waals surface area contributed by atoms with Crippen LogP contribution in [0, 0.1) is 0 Å². The van der Waals surface area contributed by atoms with Crippen LogP contribution in [0.1, 0.15) is 43.6 Å². The van der Waals surface area contributed by atoms with Crippen LogP contribution in [0.5, 0.6) is 11.5 Å². The molecule has 0 aliphatic carbocycles. The summed E-state index contributed by atoms with van der Waals surface area (Å²) in [7, 11) is 0. The minimum Gasteiger partial charge on any atom is -0.477 e. The highest BCUT2D eigenvalue weighted by Crippen LogP contribution is 2.60. The summed E-state index contributed by atoms with van der Waals surface area (Å²) in [5.74, 6) is -0.471. The van der Waals surface area contributed by atoms with E-state index in [0.29, 0.717) is 26.9 Å². The van der Waals surface area contributed by atoms with Crippen LogP contribution < -0.4 is 9.47 Å². The Kier molecular flexibility index (Phi) is 3.17. The summed E-state index contributed by atoms with van der Waals surface area (Å²) in [5, 5.41) is 19.3. The predicted molar refractivity (Wildman–Crippen MR) is 80.5 cm³/mol. The van der Waals surface area contributed by atoms with Crippen LogP contribution in [-0.2, 0) is 6.61 Å². The fourth-order valence-electron chi connectivity index (χ4n) is 2.48. The van der Waals surface area contributed by atoms with Crippen molar-refractivity contribution in [2.45, 2.75) is 54.0 Å². The zero-order valence-electron chi connectivity index (χ0n) is 12.1. The number of hydrogen-bond acceptors (Lipinski definition) is 6. The van der Waals surface area contributed by atoms with Crippen molar-refractivity contribution in [2.75, 3.05) is 0 Å². The second-order valence-corrected chi connectivity index (χ2v) is 9.03. The van der Waals surface area contributed by atoms with Crippen LogP contribution in [-0.4, -0.2) is 26.0 Å². The molecule has 0 spiro atoms. The lowest BCUT2D eigenvalue weighted by Crippen LogP contribution is -2.20. The van der Waals surface area contributed by atoms with E-state index in [0.717, 1.165) is 0 Å². The quantitative estimate of drug-likeness (QED) is 0.862. The van der Waals surface area contributed by atoms with Gasteiger partial charge in [0.15, 0.2) is 21.4 Å². The van der Waals surface area contributed by atoms with Gasteiger partial charge in [0.1, 0.15) is 5.56 Å². The van der Waals surface area contributed by atoms with E-state index in [2.05, 4.69) is 0 Å². The molecule has 3 rings (SSSR count). The Morgan fingerprint density at radius 2 is 1.48 bits per heavy atom. The minimum absolute atomic E-state index is 0.0494. The van der Waals surface area contributed by atoms with Gasteiger partial charge in [-0.3, -0.25) is 0 Å². The summed E-state index contributed by atoms with van der Waals surface area (Å²) in [6.45, 7) is 7.30. The zero-order valence-corrected chi connectivity index (χ0v) is 13.8. The first-order valence-corrected chi connectivity index (χ1v) is 8.11. The van der Waals surface area contributed by atoms with Gasteiger partial charge in [-0.05, 0) is 27.7 Å². The molecule has 0 atom stereocenters. The maximum absolute atomic E-state index is 11.7. The molecule has 0 radical (unpaired) electrons. The van der Waals surface area contributed by atoms with Gasteiger partial charge in [-0.15, -0.1) is 0 Å². The van der Waals surface area contributed by atoms with E-state index in [-0.39, 0.29) is 12.2 Å². The van der Waals surface area contributed by atoms with E-state index in [9.17, 15) is 15.0 Å². The highest BCUT2D eigenvalue weighted by Gasteiger charge is 2.45. The molecular weight excluding hydrogens is 312 g/mol. The van der Waals surface area contributed by atoms with E-state index in [4.69, 9.17) is 9.47 Å². The zero-order chi connectivity index (χ0) is 15.6. The van der Waals surface area contributed by atoms with Gasteiger partial charge in [-0.2, -0.15) is 0 Å². The molecule has 0 bridgehead atoms. The van der Waals surface area contributed by atoms with Crippen LogP contribution in [0.25, 0.3) is 0 Å². The first kappa shape index (κ1) is 14.9. The van der Waals surface area contributed by atoms with Gasteiger partial charge in [0.05, 0.1) is 16.4 Å². The minimum atomic E-state index is -1.08. The molecule has 0 amide bonds. The third-order valence-corrected chi connectivity index (χ3v) is 5.60. The molecule has 114 valence electrons. The maximum atomic E-state index is 11.7. The molecule has 0 unspecified atom stereocenters. The Morgan fingerprint density at radius 3 is 1.81 bits per heavy atom. The van der Waals surface area contributed by atoms with Crippen LogP contribution >= 0.6 is 23.5 Å². The van der Waals surface area contributed by atoms with Crippen molar-refractivity contribution in [3.8, 4) is 11.5 Å². The average Bonchev–Trinajstić information content (AvgIpc) is 2.78. The van der Waals surface area contributed by atoms with Gasteiger partial charge in [0.2, 0.25) is 0 Å². The van der Waals surface area contributed by atoms with Gasteiger partial charge in [-0.1, -0.05) is 23.5 Å². The summed E-state index contributed by atoms with van der Waals surface area (Å²) in [6.07, 6.45) is 0. The van der Waals surface area contributed by atoms with E-state index < -0.39 is 15.8 Å². The first-order valence-electron chi connectivity index (χ1n) is 6.48. The lowest BCUT2D eigenvalue weighted by Gasteiger charge is -2.18. The Labute approximate surface area is 131 Å². The smallest absolute Gasteiger partial charge is 0.343 e. The highest BCUT2D eigenvalue weighted by atomic mass is 32.2. The third-order valence-electron chi connectivity index (χ3n) is 3.18.